The van der Waals surface area contributed by atoms with Gasteiger partial charge in [-0.2, -0.15) is 13.2 Å². The summed E-state index contributed by atoms with van der Waals surface area (Å²) in [4.78, 5) is 17.6. The molecule has 11 heteroatoms. The van der Waals surface area contributed by atoms with Crippen LogP contribution in [0.15, 0.2) is 41.8 Å². The number of nitrogens with zero attached hydrogens (tertiary/aromatic N) is 1. The van der Waals surface area contributed by atoms with Crippen molar-refractivity contribution in [3.05, 3.63) is 62.3 Å². The van der Waals surface area contributed by atoms with Crippen molar-refractivity contribution in [2.45, 2.75) is 6.18 Å². The summed E-state index contributed by atoms with van der Waals surface area (Å²) in [6, 6.07) is 8.79. The van der Waals surface area contributed by atoms with Crippen molar-refractivity contribution in [2.24, 2.45) is 0 Å². The van der Waals surface area contributed by atoms with Crippen LogP contribution in [0.5, 0.6) is 0 Å². The number of hydrogen-bond donors (Lipinski definition) is 2. The average Bonchev–Trinajstić information content (AvgIpc) is 3.32. The lowest BCUT2D eigenvalue weighted by atomic mass is 10.1. The molecule has 154 valence electrons. The molecule has 0 unspecified atom stereocenters. The smallest absolute Gasteiger partial charge is 0.397 e. The molecule has 4 rings (SSSR count). The predicted molar refractivity (Wildman–Crippen MR) is 117 cm³/mol. The van der Waals surface area contributed by atoms with Crippen LogP contribution in [0.1, 0.15) is 15.2 Å². The van der Waals surface area contributed by atoms with Gasteiger partial charge in [0.15, 0.2) is 0 Å². The van der Waals surface area contributed by atoms with Gasteiger partial charge in [-0.05, 0) is 35.7 Å². The molecular weight excluding hydrogens is 478 g/mol. The number of benzene rings is 1. The number of rotatable bonds is 3. The van der Waals surface area contributed by atoms with E-state index in [-0.39, 0.29) is 31.5 Å². The van der Waals surface area contributed by atoms with Crippen molar-refractivity contribution >= 4 is 73.4 Å². The molecule has 0 radical (unpaired) electrons. The fourth-order valence-corrected chi connectivity index (χ4v) is 4.82. The maximum atomic E-state index is 13.8. The number of alkyl halides is 3. The summed E-state index contributed by atoms with van der Waals surface area (Å²) in [5.74, 6) is -0.667. The summed E-state index contributed by atoms with van der Waals surface area (Å²) in [5.41, 5.74) is 5.27. The molecule has 0 aliphatic heterocycles. The van der Waals surface area contributed by atoms with Crippen molar-refractivity contribution in [3.63, 3.8) is 0 Å². The molecule has 30 heavy (non-hydrogen) atoms. The number of halogens is 5. The molecule has 0 atom stereocenters. The number of pyridine rings is 1. The van der Waals surface area contributed by atoms with Gasteiger partial charge in [0.1, 0.15) is 9.71 Å². The molecule has 1 aromatic carbocycles. The number of anilines is 2. The van der Waals surface area contributed by atoms with Gasteiger partial charge >= 0.3 is 6.18 Å². The van der Waals surface area contributed by atoms with Gasteiger partial charge in [0.05, 0.1) is 31.9 Å². The zero-order valence-corrected chi connectivity index (χ0v) is 17.8. The number of hydrogen-bond acceptors (Lipinski definition) is 5. The zero-order chi connectivity index (χ0) is 21.6. The number of amides is 1. The molecule has 0 aliphatic rings. The zero-order valence-electron chi connectivity index (χ0n) is 14.7. The second kappa shape index (κ2) is 7.73. The van der Waals surface area contributed by atoms with Gasteiger partial charge in [-0.1, -0.05) is 29.3 Å². The van der Waals surface area contributed by atoms with Gasteiger partial charge in [-0.25, -0.2) is 4.98 Å². The Kier molecular flexibility index (Phi) is 5.39. The minimum absolute atomic E-state index is 0.0324. The van der Waals surface area contributed by atoms with E-state index in [1.54, 1.807) is 17.5 Å². The van der Waals surface area contributed by atoms with Crippen LogP contribution in [0, 0.1) is 0 Å². The van der Waals surface area contributed by atoms with Crippen LogP contribution in [-0.4, -0.2) is 10.9 Å². The third kappa shape index (κ3) is 3.85. The van der Waals surface area contributed by atoms with Crippen LogP contribution in [0.2, 0.25) is 10.0 Å². The molecule has 4 nitrogen and oxygen atoms in total. The second-order valence-corrected chi connectivity index (χ2v) is 8.90. The number of carbonyl (C=O) groups excluding carboxylic acids is 1. The Morgan fingerprint density at radius 3 is 2.53 bits per heavy atom. The lowest BCUT2D eigenvalue weighted by Gasteiger charge is -2.10. The van der Waals surface area contributed by atoms with Crippen LogP contribution >= 0.6 is 45.9 Å². The van der Waals surface area contributed by atoms with Gasteiger partial charge in [0, 0.05) is 11.1 Å². The van der Waals surface area contributed by atoms with Gasteiger partial charge in [0.25, 0.3) is 5.91 Å². The first-order chi connectivity index (χ1) is 14.1. The first kappa shape index (κ1) is 20.9. The fourth-order valence-electron chi connectivity index (χ4n) is 2.83. The Hall–Kier alpha value is -2.33. The minimum atomic E-state index is -4.67. The summed E-state index contributed by atoms with van der Waals surface area (Å²) in [6.07, 6.45) is -4.67. The van der Waals surface area contributed by atoms with E-state index in [1.165, 1.54) is 29.5 Å². The van der Waals surface area contributed by atoms with E-state index in [1.807, 2.05) is 0 Å². The monoisotopic (exact) mass is 487 g/mol. The molecule has 3 N–H and O–H groups in total. The average molecular weight is 488 g/mol. The Labute approximate surface area is 186 Å². The number of thiophene rings is 2. The second-order valence-electron chi connectivity index (χ2n) is 6.14. The van der Waals surface area contributed by atoms with Crippen molar-refractivity contribution in [2.75, 3.05) is 11.1 Å². The molecule has 0 saturated carbocycles. The lowest BCUT2D eigenvalue weighted by molar-refractivity contribution is -0.136. The molecular formula is C19H10Cl2F3N3OS2. The standard InChI is InChI=1S/C19H10Cl2F3N3OS2/c20-10-4-3-8(6-11(10)21)26-17(28)16-15(25)14-9(19(22,23)24)7-12(27-18(14)30-16)13-2-1-5-29-13/h1-7H,25H2,(H,26,28). The summed E-state index contributed by atoms with van der Waals surface area (Å²) in [5, 5.41) is 4.55. The number of nitrogens with one attached hydrogen (secondary N) is 1. The topological polar surface area (TPSA) is 68.0 Å². The van der Waals surface area contributed by atoms with Gasteiger partial charge in [-0.15, -0.1) is 22.7 Å². The molecule has 3 aromatic heterocycles. The van der Waals surface area contributed by atoms with Crippen molar-refractivity contribution < 1.29 is 18.0 Å². The van der Waals surface area contributed by atoms with Gasteiger partial charge in [-0.3, -0.25) is 4.79 Å². The highest BCUT2D eigenvalue weighted by Gasteiger charge is 2.36. The first-order valence-corrected chi connectivity index (χ1v) is 10.7. The Morgan fingerprint density at radius 1 is 1.13 bits per heavy atom. The van der Waals surface area contributed by atoms with E-state index in [0.717, 1.165) is 17.4 Å². The number of aromatic nitrogens is 1. The van der Waals surface area contributed by atoms with E-state index in [9.17, 15) is 18.0 Å². The number of carbonyl (C=O) groups is 1. The van der Waals surface area contributed by atoms with E-state index < -0.39 is 17.6 Å². The van der Waals surface area contributed by atoms with Crippen molar-refractivity contribution in [1.82, 2.24) is 4.98 Å². The van der Waals surface area contributed by atoms with Crippen LogP contribution in [0.25, 0.3) is 20.8 Å². The van der Waals surface area contributed by atoms with Crippen LogP contribution in [-0.2, 0) is 6.18 Å². The van der Waals surface area contributed by atoms with Gasteiger partial charge in [0.2, 0.25) is 0 Å². The predicted octanol–water partition coefficient (Wildman–Crippen LogP) is 7.18. The molecule has 0 spiro atoms. The van der Waals surface area contributed by atoms with Crippen molar-refractivity contribution in [3.8, 4) is 10.6 Å². The highest BCUT2D eigenvalue weighted by atomic mass is 35.5. The van der Waals surface area contributed by atoms with Crippen LogP contribution in [0.4, 0.5) is 24.5 Å². The normalized spacial score (nSPS) is 11.8. The Balaban J connectivity index is 1.82. The van der Waals surface area contributed by atoms with Gasteiger partial charge < -0.3 is 11.1 Å². The number of nitrogens with two attached hydrogens (primary N) is 1. The Morgan fingerprint density at radius 2 is 1.90 bits per heavy atom. The third-order valence-electron chi connectivity index (χ3n) is 4.16. The SMILES string of the molecule is Nc1c(C(=O)Nc2ccc(Cl)c(Cl)c2)sc2nc(-c3cccs3)cc(C(F)(F)F)c12. The molecule has 0 bridgehead atoms. The van der Waals surface area contributed by atoms with E-state index >= 15 is 0 Å². The molecule has 0 fully saturated rings. The minimum Gasteiger partial charge on any atom is -0.397 e. The quantitative estimate of drug-likeness (QED) is 0.321. The molecule has 4 aromatic rings. The van der Waals surface area contributed by atoms with Crippen molar-refractivity contribution in [1.29, 1.82) is 0 Å². The molecule has 0 aliphatic carbocycles. The van der Waals surface area contributed by atoms with Crippen LogP contribution in [0.3, 0.4) is 0 Å². The maximum absolute atomic E-state index is 13.8. The highest BCUT2D eigenvalue weighted by Crippen LogP contribution is 2.44. The fraction of sp³-hybridized carbons (Fsp3) is 0.0526. The highest BCUT2D eigenvalue weighted by molar-refractivity contribution is 7.21. The summed E-state index contributed by atoms with van der Waals surface area (Å²) >= 11 is 13.9. The van der Waals surface area contributed by atoms with E-state index in [0.29, 0.717) is 15.6 Å². The lowest BCUT2D eigenvalue weighted by Crippen LogP contribution is -2.12. The Bertz CT molecular complexity index is 1270. The largest absolute Gasteiger partial charge is 0.417 e. The third-order valence-corrected chi connectivity index (χ3v) is 6.89. The summed E-state index contributed by atoms with van der Waals surface area (Å²) < 4.78 is 41.3. The van der Waals surface area contributed by atoms with E-state index in [2.05, 4.69) is 10.3 Å². The maximum Gasteiger partial charge on any atom is 0.417 e. The number of nitrogen functional groups attached to an aromatic ring is 1. The first-order valence-electron chi connectivity index (χ1n) is 8.25. The van der Waals surface area contributed by atoms with Crippen LogP contribution < -0.4 is 11.1 Å². The summed E-state index contributed by atoms with van der Waals surface area (Å²) in [7, 11) is 0. The molecule has 1 amide bonds. The van der Waals surface area contributed by atoms with E-state index in [4.69, 9.17) is 28.9 Å². The molecule has 0 saturated heterocycles. The molecule has 3 heterocycles. The summed E-state index contributed by atoms with van der Waals surface area (Å²) in [6.45, 7) is 0. The number of fused-ring (bicyclic) bond motifs is 1.